The summed E-state index contributed by atoms with van der Waals surface area (Å²) in [7, 11) is 5.56. The highest BCUT2D eigenvalue weighted by atomic mass is 16.5. The molecule has 24 heavy (non-hydrogen) atoms. The van der Waals surface area contributed by atoms with Crippen LogP contribution in [0.3, 0.4) is 0 Å². The molecule has 0 bridgehead atoms. The van der Waals surface area contributed by atoms with Crippen molar-refractivity contribution in [1.82, 2.24) is 10.2 Å². The summed E-state index contributed by atoms with van der Waals surface area (Å²) in [5.41, 5.74) is 2.29. The first kappa shape index (κ1) is 18.2. The van der Waals surface area contributed by atoms with Gasteiger partial charge in [0, 0.05) is 44.7 Å². The fourth-order valence-electron chi connectivity index (χ4n) is 2.95. The molecule has 0 saturated heterocycles. The first-order valence-corrected chi connectivity index (χ1v) is 8.48. The highest BCUT2D eigenvalue weighted by molar-refractivity contribution is 5.79. The van der Waals surface area contributed by atoms with E-state index in [0.717, 1.165) is 48.8 Å². The Morgan fingerprint density at radius 3 is 3.00 bits per heavy atom. The number of aliphatic imine (C=N–C) groups is 1. The second-order valence-corrected chi connectivity index (χ2v) is 6.16. The van der Waals surface area contributed by atoms with E-state index in [-0.39, 0.29) is 6.10 Å². The smallest absolute Gasteiger partial charge is 0.193 e. The molecular formula is C19H29N3O2. The summed E-state index contributed by atoms with van der Waals surface area (Å²) in [5, 5.41) is 3.40. The van der Waals surface area contributed by atoms with E-state index in [2.05, 4.69) is 40.8 Å². The molecule has 1 aromatic rings. The lowest BCUT2D eigenvalue weighted by molar-refractivity contribution is 0.254. The van der Waals surface area contributed by atoms with Gasteiger partial charge in [0.1, 0.15) is 17.6 Å². The van der Waals surface area contributed by atoms with Crippen LogP contribution in [-0.2, 0) is 13.0 Å². The molecule has 1 N–H and O–H groups in total. The van der Waals surface area contributed by atoms with Crippen molar-refractivity contribution in [1.29, 1.82) is 0 Å². The van der Waals surface area contributed by atoms with E-state index < -0.39 is 0 Å². The number of allylic oxidation sites excluding steroid dienone is 1. The normalized spacial score (nSPS) is 16.3. The van der Waals surface area contributed by atoms with Gasteiger partial charge in [-0.2, -0.15) is 0 Å². The summed E-state index contributed by atoms with van der Waals surface area (Å²) in [4.78, 5) is 6.48. The lowest BCUT2D eigenvalue weighted by atomic mass is 10.1. The molecule has 5 nitrogen and oxygen atoms in total. The summed E-state index contributed by atoms with van der Waals surface area (Å²) in [6.07, 6.45) is 5.19. The first-order chi connectivity index (χ1) is 11.6. The molecule has 1 aliphatic heterocycles. The van der Waals surface area contributed by atoms with Gasteiger partial charge in [0.2, 0.25) is 0 Å². The van der Waals surface area contributed by atoms with Crippen molar-refractivity contribution >= 4 is 5.96 Å². The van der Waals surface area contributed by atoms with Gasteiger partial charge in [-0.1, -0.05) is 6.08 Å². The predicted octanol–water partition coefficient (Wildman–Crippen LogP) is 2.99. The molecule has 0 fully saturated rings. The molecule has 1 aromatic carbocycles. The minimum atomic E-state index is 0.233. The lowest BCUT2D eigenvalue weighted by Crippen LogP contribution is -2.39. The van der Waals surface area contributed by atoms with Crippen LogP contribution in [0.15, 0.2) is 29.8 Å². The van der Waals surface area contributed by atoms with E-state index in [4.69, 9.17) is 9.47 Å². The minimum Gasteiger partial charge on any atom is -0.496 e. The van der Waals surface area contributed by atoms with Gasteiger partial charge >= 0.3 is 0 Å². The Bertz CT molecular complexity index is 599. The Kier molecular flexibility index (Phi) is 6.53. The first-order valence-electron chi connectivity index (χ1n) is 8.48. The van der Waals surface area contributed by atoms with Crippen LogP contribution in [0.25, 0.3) is 0 Å². The van der Waals surface area contributed by atoms with Crippen LogP contribution in [0.2, 0.25) is 0 Å². The Morgan fingerprint density at radius 1 is 1.54 bits per heavy atom. The van der Waals surface area contributed by atoms with Crippen molar-refractivity contribution in [3.63, 3.8) is 0 Å². The van der Waals surface area contributed by atoms with Gasteiger partial charge in [0.15, 0.2) is 5.96 Å². The third-order valence-electron chi connectivity index (χ3n) is 4.21. The summed E-state index contributed by atoms with van der Waals surface area (Å²) in [6, 6.07) is 4.17. The average Bonchev–Trinajstić information content (AvgIpc) is 2.93. The fourth-order valence-corrected chi connectivity index (χ4v) is 2.95. The summed E-state index contributed by atoms with van der Waals surface area (Å²) >= 11 is 0. The van der Waals surface area contributed by atoms with Gasteiger partial charge in [-0.25, -0.2) is 0 Å². The van der Waals surface area contributed by atoms with E-state index in [0.29, 0.717) is 6.54 Å². The molecule has 0 radical (unpaired) electrons. The highest BCUT2D eigenvalue weighted by Crippen LogP contribution is 2.34. The average molecular weight is 331 g/mol. The van der Waals surface area contributed by atoms with Crippen LogP contribution in [0.4, 0.5) is 0 Å². The maximum Gasteiger partial charge on any atom is 0.193 e. The summed E-state index contributed by atoms with van der Waals surface area (Å²) < 4.78 is 11.4. The maximum absolute atomic E-state index is 5.86. The number of hydrogen-bond acceptors (Lipinski definition) is 3. The van der Waals surface area contributed by atoms with Crippen molar-refractivity contribution in [2.24, 2.45) is 4.99 Å². The minimum absolute atomic E-state index is 0.233. The van der Waals surface area contributed by atoms with Crippen molar-refractivity contribution in [3.8, 4) is 11.5 Å². The third kappa shape index (κ3) is 4.43. The standard InChI is InChI=1S/C19H29N3O2/c1-6-7-8-9-22(4)19(20-3)21-13-16-12-18-15(10-14(2)24-18)11-17(16)23-5/h6,11-12,14H,1,7-10,13H2,2-5H3,(H,20,21). The van der Waals surface area contributed by atoms with Gasteiger partial charge in [-0.05, 0) is 31.9 Å². The molecule has 1 aliphatic rings. The molecule has 0 amide bonds. The highest BCUT2D eigenvalue weighted by Gasteiger charge is 2.21. The molecule has 1 unspecified atom stereocenters. The van der Waals surface area contributed by atoms with E-state index in [1.54, 1.807) is 14.2 Å². The number of fused-ring (bicyclic) bond motifs is 1. The second kappa shape index (κ2) is 8.62. The number of guanidine groups is 1. The quantitative estimate of drug-likeness (QED) is 0.361. The zero-order chi connectivity index (χ0) is 17.5. The topological polar surface area (TPSA) is 46.1 Å². The number of benzene rings is 1. The number of nitrogens with zero attached hydrogens (tertiary/aromatic N) is 2. The molecule has 0 spiro atoms. The predicted molar refractivity (Wildman–Crippen MR) is 99.0 cm³/mol. The zero-order valence-corrected chi connectivity index (χ0v) is 15.3. The molecule has 0 aromatic heterocycles. The van der Waals surface area contributed by atoms with Crippen LogP contribution < -0.4 is 14.8 Å². The van der Waals surface area contributed by atoms with Crippen molar-refractivity contribution in [2.45, 2.75) is 38.8 Å². The Labute approximate surface area is 145 Å². The summed E-state index contributed by atoms with van der Waals surface area (Å²) in [6.45, 7) is 7.43. The Morgan fingerprint density at radius 2 is 2.33 bits per heavy atom. The van der Waals surface area contributed by atoms with E-state index in [9.17, 15) is 0 Å². The molecule has 5 heteroatoms. The van der Waals surface area contributed by atoms with Crippen LogP contribution in [0.5, 0.6) is 11.5 Å². The molecule has 2 rings (SSSR count). The van der Waals surface area contributed by atoms with Crippen LogP contribution in [-0.4, -0.2) is 44.7 Å². The van der Waals surface area contributed by atoms with Gasteiger partial charge in [-0.15, -0.1) is 6.58 Å². The number of unbranched alkanes of at least 4 members (excludes halogenated alkanes) is 1. The number of methoxy groups -OCH3 is 1. The molecule has 1 atom stereocenters. The van der Waals surface area contributed by atoms with E-state index in [1.165, 1.54) is 5.56 Å². The SMILES string of the molecule is C=CCCCN(C)C(=NC)NCc1cc2c(cc1OC)CC(C)O2. The number of ether oxygens (including phenoxy) is 2. The van der Waals surface area contributed by atoms with Crippen molar-refractivity contribution in [2.75, 3.05) is 27.7 Å². The van der Waals surface area contributed by atoms with Gasteiger partial charge < -0.3 is 19.7 Å². The number of nitrogens with one attached hydrogen (secondary N) is 1. The molecule has 0 saturated carbocycles. The van der Waals surface area contributed by atoms with Crippen molar-refractivity contribution in [3.05, 3.63) is 35.9 Å². The fraction of sp³-hybridized carbons (Fsp3) is 0.526. The third-order valence-corrected chi connectivity index (χ3v) is 4.21. The largest absolute Gasteiger partial charge is 0.496 e. The zero-order valence-electron chi connectivity index (χ0n) is 15.3. The summed E-state index contributed by atoms with van der Waals surface area (Å²) in [5.74, 6) is 2.73. The lowest BCUT2D eigenvalue weighted by Gasteiger charge is -2.22. The van der Waals surface area contributed by atoms with Gasteiger partial charge in [-0.3, -0.25) is 4.99 Å². The van der Waals surface area contributed by atoms with Crippen LogP contribution >= 0.6 is 0 Å². The monoisotopic (exact) mass is 331 g/mol. The maximum atomic E-state index is 5.86. The Balaban J connectivity index is 2.02. The van der Waals surface area contributed by atoms with E-state index >= 15 is 0 Å². The molecular weight excluding hydrogens is 302 g/mol. The Hall–Kier alpha value is -2.17. The molecule has 1 heterocycles. The van der Waals surface area contributed by atoms with Crippen LogP contribution in [0.1, 0.15) is 30.9 Å². The van der Waals surface area contributed by atoms with E-state index in [1.807, 2.05) is 13.1 Å². The molecule has 132 valence electrons. The van der Waals surface area contributed by atoms with Gasteiger partial charge in [0.05, 0.1) is 7.11 Å². The number of rotatable bonds is 7. The van der Waals surface area contributed by atoms with Crippen molar-refractivity contribution < 1.29 is 9.47 Å². The molecule has 0 aliphatic carbocycles. The van der Waals surface area contributed by atoms with Crippen LogP contribution in [0, 0.1) is 0 Å². The van der Waals surface area contributed by atoms with Gasteiger partial charge in [0.25, 0.3) is 0 Å². The second-order valence-electron chi connectivity index (χ2n) is 6.16. The number of hydrogen-bond donors (Lipinski definition) is 1.